The summed E-state index contributed by atoms with van der Waals surface area (Å²) >= 11 is 0. The Labute approximate surface area is 171 Å². The lowest BCUT2D eigenvalue weighted by Crippen LogP contribution is -2.19. The van der Waals surface area contributed by atoms with E-state index in [1.807, 2.05) is 18.2 Å². The summed E-state index contributed by atoms with van der Waals surface area (Å²) in [6.45, 7) is 0.758. The van der Waals surface area contributed by atoms with E-state index in [1.54, 1.807) is 18.5 Å². The molecule has 0 radical (unpaired) electrons. The van der Waals surface area contributed by atoms with E-state index in [2.05, 4.69) is 45.9 Å². The van der Waals surface area contributed by atoms with Gasteiger partial charge in [0.25, 0.3) is 0 Å². The first kappa shape index (κ1) is 19.0. The number of benzene rings is 2. The first-order valence-electron chi connectivity index (χ1n) is 9.95. The molecule has 1 atom stereocenters. The number of carbonyl (C=O) groups excluding carboxylic acids is 1. The quantitative estimate of drug-likeness (QED) is 0.573. The van der Waals surface area contributed by atoms with Gasteiger partial charge in [-0.3, -0.25) is 4.98 Å². The molecule has 29 heavy (non-hydrogen) atoms. The molecule has 0 fully saturated rings. The van der Waals surface area contributed by atoms with Gasteiger partial charge in [0.2, 0.25) is 0 Å². The first-order valence-corrected chi connectivity index (χ1v) is 9.95. The molecule has 1 aromatic heterocycles. The number of para-hydroxylation sites is 1. The fourth-order valence-electron chi connectivity index (χ4n) is 3.95. The molecule has 1 unspecified atom stereocenters. The van der Waals surface area contributed by atoms with Crippen LogP contribution in [0.15, 0.2) is 67.0 Å². The Kier molecular flexibility index (Phi) is 5.75. The normalized spacial score (nSPS) is 15.3. The topological polar surface area (TPSA) is 63.2 Å². The van der Waals surface area contributed by atoms with Gasteiger partial charge in [0.15, 0.2) is 0 Å². The zero-order valence-electron chi connectivity index (χ0n) is 16.5. The smallest absolute Gasteiger partial charge is 0.340 e. The summed E-state index contributed by atoms with van der Waals surface area (Å²) in [6, 6.07) is 18.5. The van der Waals surface area contributed by atoms with Gasteiger partial charge in [-0.2, -0.15) is 0 Å². The molecule has 2 aromatic carbocycles. The fourth-order valence-corrected chi connectivity index (χ4v) is 3.95. The van der Waals surface area contributed by atoms with Crippen molar-refractivity contribution >= 4 is 23.0 Å². The maximum Gasteiger partial charge on any atom is 0.340 e. The van der Waals surface area contributed by atoms with Crippen molar-refractivity contribution in [1.82, 2.24) is 4.98 Å². The van der Waals surface area contributed by atoms with E-state index >= 15 is 0 Å². The number of aromatic nitrogens is 1. The second kappa shape index (κ2) is 8.78. The number of carbonyl (C=O) groups is 1. The number of nitrogens with zero attached hydrogens (tertiary/aromatic N) is 1. The Bertz CT molecular complexity index is 988. The first-order chi connectivity index (χ1) is 14.2. The highest BCUT2D eigenvalue weighted by molar-refractivity contribution is 5.95. The summed E-state index contributed by atoms with van der Waals surface area (Å²) in [4.78, 5) is 16.1. The van der Waals surface area contributed by atoms with Crippen LogP contribution in [-0.2, 0) is 11.2 Å². The van der Waals surface area contributed by atoms with Gasteiger partial charge < -0.3 is 15.4 Å². The number of hydrogen-bond donors (Lipinski definition) is 2. The number of fused-ring (bicyclic) bond motifs is 1. The lowest BCUT2D eigenvalue weighted by atomic mass is 9.82. The van der Waals surface area contributed by atoms with Gasteiger partial charge in [-0.05, 0) is 60.7 Å². The van der Waals surface area contributed by atoms with Crippen LogP contribution >= 0.6 is 0 Å². The van der Waals surface area contributed by atoms with E-state index in [0.717, 1.165) is 37.2 Å². The van der Waals surface area contributed by atoms with Crippen LogP contribution in [0.4, 0.5) is 17.1 Å². The molecule has 1 heterocycles. The number of aryl methyl sites for hydroxylation is 1. The average Bonchev–Trinajstić information content (AvgIpc) is 2.78. The van der Waals surface area contributed by atoms with Crippen LogP contribution in [0.3, 0.4) is 0 Å². The van der Waals surface area contributed by atoms with Gasteiger partial charge in [-0.25, -0.2) is 4.79 Å². The molecule has 5 heteroatoms. The zero-order chi connectivity index (χ0) is 20.1. The molecule has 148 valence electrons. The van der Waals surface area contributed by atoms with Gasteiger partial charge in [0.05, 0.1) is 24.6 Å². The van der Waals surface area contributed by atoms with Gasteiger partial charge in [-0.15, -0.1) is 0 Å². The van der Waals surface area contributed by atoms with Gasteiger partial charge in [0.1, 0.15) is 0 Å². The molecular weight excluding hydrogens is 362 g/mol. The number of ether oxygens (including phenoxy) is 1. The molecule has 0 aliphatic heterocycles. The van der Waals surface area contributed by atoms with E-state index in [-0.39, 0.29) is 5.97 Å². The van der Waals surface area contributed by atoms with E-state index in [1.165, 1.54) is 18.2 Å². The molecule has 0 bridgehead atoms. The van der Waals surface area contributed by atoms with Crippen LogP contribution < -0.4 is 10.6 Å². The molecule has 5 nitrogen and oxygen atoms in total. The van der Waals surface area contributed by atoms with Crippen molar-refractivity contribution in [2.75, 3.05) is 24.3 Å². The zero-order valence-corrected chi connectivity index (χ0v) is 16.5. The number of methoxy groups -OCH3 is 1. The maximum absolute atomic E-state index is 12.0. The lowest BCUT2D eigenvalue weighted by molar-refractivity contribution is 0.0601. The standard InChI is InChI=1S/C24H25N3O2/c1-29-24(28)22-12-13-25-16-23(22)26-15-18-7-5-6-17-14-20(10-11-21(17)18)27-19-8-3-2-4-9-19/h2-4,8-14,16,18,26-27H,5-7,15H2,1H3. The molecule has 1 aliphatic rings. The Morgan fingerprint density at radius 3 is 2.83 bits per heavy atom. The van der Waals surface area contributed by atoms with Crippen LogP contribution in [0.2, 0.25) is 0 Å². The SMILES string of the molecule is COC(=O)c1ccncc1NCC1CCCc2cc(Nc3ccccc3)ccc21. The predicted octanol–water partition coefficient (Wildman–Crippen LogP) is 5.14. The van der Waals surface area contributed by atoms with Gasteiger partial charge in [0, 0.05) is 30.0 Å². The summed E-state index contributed by atoms with van der Waals surface area (Å²) in [5.74, 6) is 0.0470. The van der Waals surface area contributed by atoms with Crippen molar-refractivity contribution < 1.29 is 9.53 Å². The summed E-state index contributed by atoms with van der Waals surface area (Å²) < 4.78 is 4.87. The number of pyridine rings is 1. The van der Waals surface area contributed by atoms with Crippen LogP contribution in [0.1, 0.15) is 40.2 Å². The van der Waals surface area contributed by atoms with Crippen molar-refractivity contribution in [3.05, 3.63) is 83.7 Å². The Hall–Kier alpha value is -3.34. The number of esters is 1. The Morgan fingerprint density at radius 2 is 2.00 bits per heavy atom. The Morgan fingerprint density at radius 1 is 1.14 bits per heavy atom. The predicted molar refractivity (Wildman–Crippen MR) is 116 cm³/mol. The highest BCUT2D eigenvalue weighted by atomic mass is 16.5. The number of anilines is 3. The second-order valence-corrected chi connectivity index (χ2v) is 7.29. The monoisotopic (exact) mass is 387 g/mol. The molecule has 0 saturated carbocycles. The molecule has 0 spiro atoms. The third-order valence-corrected chi connectivity index (χ3v) is 5.41. The average molecular weight is 387 g/mol. The number of hydrogen-bond acceptors (Lipinski definition) is 5. The van der Waals surface area contributed by atoms with Crippen molar-refractivity contribution in [1.29, 1.82) is 0 Å². The van der Waals surface area contributed by atoms with Crippen LogP contribution in [-0.4, -0.2) is 24.6 Å². The number of nitrogens with one attached hydrogen (secondary N) is 2. The van der Waals surface area contributed by atoms with E-state index in [4.69, 9.17) is 4.74 Å². The summed E-state index contributed by atoms with van der Waals surface area (Å²) in [5, 5.41) is 6.89. The minimum atomic E-state index is -0.351. The van der Waals surface area contributed by atoms with Gasteiger partial charge >= 0.3 is 5.97 Å². The number of rotatable bonds is 6. The Balaban J connectivity index is 1.48. The summed E-state index contributed by atoms with van der Waals surface area (Å²) in [5.41, 5.74) is 6.21. The minimum absolute atomic E-state index is 0.351. The maximum atomic E-state index is 12.0. The van der Waals surface area contributed by atoms with Gasteiger partial charge in [-0.1, -0.05) is 24.3 Å². The third kappa shape index (κ3) is 4.40. The van der Waals surface area contributed by atoms with Crippen LogP contribution in [0.25, 0.3) is 0 Å². The lowest BCUT2D eigenvalue weighted by Gasteiger charge is -2.27. The second-order valence-electron chi connectivity index (χ2n) is 7.29. The van der Waals surface area contributed by atoms with Crippen LogP contribution in [0.5, 0.6) is 0 Å². The highest BCUT2D eigenvalue weighted by Crippen LogP contribution is 2.34. The molecule has 4 rings (SSSR count). The minimum Gasteiger partial charge on any atom is -0.465 e. The van der Waals surface area contributed by atoms with Crippen molar-refractivity contribution in [2.24, 2.45) is 0 Å². The summed E-state index contributed by atoms with van der Waals surface area (Å²) in [6.07, 6.45) is 6.66. The van der Waals surface area contributed by atoms with Crippen molar-refractivity contribution in [2.45, 2.75) is 25.2 Å². The summed E-state index contributed by atoms with van der Waals surface area (Å²) in [7, 11) is 1.39. The molecule has 1 aliphatic carbocycles. The van der Waals surface area contributed by atoms with E-state index in [9.17, 15) is 4.79 Å². The van der Waals surface area contributed by atoms with E-state index < -0.39 is 0 Å². The molecular formula is C24H25N3O2. The molecule has 2 N–H and O–H groups in total. The van der Waals surface area contributed by atoms with Crippen LogP contribution in [0, 0.1) is 0 Å². The molecule has 3 aromatic rings. The van der Waals surface area contributed by atoms with Crippen molar-refractivity contribution in [3.8, 4) is 0 Å². The highest BCUT2D eigenvalue weighted by Gasteiger charge is 2.21. The largest absolute Gasteiger partial charge is 0.465 e. The fraction of sp³-hybridized carbons (Fsp3) is 0.250. The van der Waals surface area contributed by atoms with Crippen molar-refractivity contribution in [3.63, 3.8) is 0 Å². The third-order valence-electron chi connectivity index (χ3n) is 5.41. The molecule has 0 amide bonds. The van der Waals surface area contributed by atoms with E-state index in [0.29, 0.717) is 17.2 Å². The molecule has 0 saturated heterocycles.